The van der Waals surface area contributed by atoms with Crippen molar-refractivity contribution in [2.75, 3.05) is 71.2 Å². The van der Waals surface area contributed by atoms with Gasteiger partial charge in [-0.2, -0.15) is 9.97 Å². The van der Waals surface area contributed by atoms with Crippen molar-refractivity contribution in [1.82, 2.24) is 30.1 Å². The molecule has 2 bridgehead atoms. The van der Waals surface area contributed by atoms with E-state index in [0.29, 0.717) is 65.0 Å². The molecule has 0 saturated carbocycles. The van der Waals surface area contributed by atoms with Crippen molar-refractivity contribution in [3.8, 4) is 23.0 Å². The molecule has 12 nitrogen and oxygen atoms in total. The predicted molar refractivity (Wildman–Crippen MR) is 203 cm³/mol. The maximum absolute atomic E-state index is 17.3. The molecule has 54 heavy (non-hydrogen) atoms. The van der Waals surface area contributed by atoms with Crippen LogP contribution in [-0.4, -0.2) is 115 Å². The minimum atomic E-state index is -0.679. The number of nitrogens with zero attached hydrogens (tertiary/aromatic N) is 6. The molecule has 2 aromatic carbocycles. The Bertz CT molecular complexity index is 1990. The number of ether oxygens (including phenoxy) is 4. The number of aryl methyl sites for hydroxylation is 1. The minimum absolute atomic E-state index is 0.00755. The highest BCUT2D eigenvalue weighted by molar-refractivity contribution is 6.02. The van der Waals surface area contributed by atoms with Gasteiger partial charge in [-0.3, -0.25) is 9.88 Å². The number of piperazine rings is 2. The summed E-state index contributed by atoms with van der Waals surface area (Å²) < 4.78 is 55.5. The molecule has 3 atom stereocenters. The molecule has 5 heterocycles. The second kappa shape index (κ2) is 15.8. The summed E-state index contributed by atoms with van der Waals surface area (Å²) in [4.78, 5) is 33.9. The van der Waals surface area contributed by atoms with Crippen LogP contribution in [0.2, 0.25) is 0 Å². The molecule has 3 aliphatic heterocycles. The first-order valence-corrected chi connectivity index (χ1v) is 19.0. The Balaban J connectivity index is 1.30. The van der Waals surface area contributed by atoms with Gasteiger partial charge in [0.2, 0.25) is 0 Å². The molecule has 290 valence electrons. The van der Waals surface area contributed by atoms with Crippen LogP contribution in [0.15, 0.2) is 30.5 Å². The number of halogens is 2. The number of benzene rings is 2. The largest absolute Gasteiger partial charge is 0.468 e. The first kappa shape index (κ1) is 37.9. The van der Waals surface area contributed by atoms with Crippen LogP contribution in [-0.2, 0) is 15.9 Å². The molecule has 1 N–H and O–H groups in total. The van der Waals surface area contributed by atoms with Gasteiger partial charge in [-0.25, -0.2) is 13.6 Å². The highest BCUT2D eigenvalue weighted by Crippen LogP contribution is 2.41. The maximum Gasteiger partial charge on any atom is 0.410 e. The first-order valence-electron chi connectivity index (χ1n) is 19.0. The standard InChI is InChI=1S/C40H51F2N7O5/c1-7-29-32(41)11-8-25-16-28(53-23-51-6)17-30(33(25)29)35-34(42)36-31(18-44-35)37(46-38(45-36)52-22-24(2)19-47-14-12-43-13-15-47)48-20-26-9-10-27(21-48)49(26)39(50)54-40(3,4)5/h8,11,16-18,24,26-27,43H,7,9-10,12-15,19-23H2,1-6H3/t24-,26-,27+/m1/s1. The molecule has 0 radical (unpaired) electrons. The number of rotatable bonds is 11. The topological polar surface area (TPSA) is 114 Å². The van der Waals surface area contributed by atoms with E-state index >= 15 is 8.78 Å². The Morgan fingerprint density at radius 2 is 1.80 bits per heavy atom. The summed E-state index contributed by atoms with van der Waals surface area (Å²) in [5.74, 6) is 0.0277. The lowest BCUT2D eigenvalue weighted by Gasteiger charge is -2.42. The zero-order valence-electron chi connectivity index (χ0n) is 32.1. The van der Waals surface area contributed by atoms with E-state index in [2.05, 4.69) is 32.0 Å². The third kappa shape index (κ3) is 7.87. The molecule has 0 spiro atoms. The monoisotopic (exact) mass is 747 g/mol. The van der Waals surface area contributed by atoms with Gasteiger partial charge in [0, 0.05) is 70.6 Å². The van der Waals surface area contributed by atoms with Crippen LogP contribution in [0.4, 0.5) is 19.4 Å². The van der Waals surface area contributed by atoms with Crippen LogP contribution in [0.1, 0.15) is 53.0 Å². The van der Waals surface area contributed by atoms with Gasteiger partial charge in [-0.05, 0) is 74.6 Å². The maximum atomic E-state index is 17.3. The molecule has 0 unspecified atom stereocenters. The third-order valence-corrected chi connectivity index (χ3v) is 10.4. The lowest BCUT2D eigenvalue weighted by molar-refractivity contribution is 0.0122. The molecule has 7 rings (SSSR count). The average Bonchev–Trinajstić information content (AvgIpc) is 3.42. The number of hydrogen-bond donors (Lipinski definition) is 1. The normalized spacial score (nSPS) is 19.8. The van der Waals surface area contributed by atoms with Crippen LogP contribution in [0.5, 0.6) is 11.8 Å². The average molecular weight is 748 g/mol. The summed E-state index contributed by atoms with van der Waals surface area (Å²) in [6.07, 6.45) is 3.28. The fraction of sp³-hybridized carbons (Fsp3) is 0.550. The second-order valence-electron chi connectivity index (χ2n) is 15.7. The van der Waals surface area contributed by atoms with E-state index in [-0.39, 0.29) is 53.9 Å². The van der Waals surface area contributed by atoms with E-state index in [9.17, 15) is 4.79 Å². The van der Waals surface area contributed by atoms with Crippen molar-refractivity contribution in [3.63, 3.8) is 0 Å². The number of fused-ring (bicyclic) bond motifs is 4. The number of amides is 1. The number of carbonyl (C=O) groups excluding carboxylic acids is 1. The van der Waals surface area contributed by atoms with Gasteiger partial charge >= 0.3 is 12.1 Å². The number of aromatic nitrogens is 3. The molecule has 14 heteroatoms. The summed E-state index contributed by atoms with van der Waals surface area (Å²) in [5, 5.41) is 5.04. The van der Waals surface area contributed by atoms with Gasteiger partial charge in [0.25, 0.3) is 0 Å². The zero-order chi connectivity index (χ0) is 38.1. The first-order chi connectivity index (χ1) is 25.9. The molecule has 3 saturated heterocycles. The molecule has 0 aliphatic carbocycles. The number of anilines is 1. The van der Waals surface area contributed by atoms with Crippen LogP contribution in [0.25, 0.3) is 32.9 Å². The Hall–Kier alpha value is -4.40. The fourth-order valence-corrected chi connectivity index (χ4v) is 8.04. The Morgan fingerprint density at radius 1 is 1.06 bits per heavy atom. The molecular formula is C40H51F2N7O5. The Morgan fingerprint density at radius 3 is 2.48 bits per heavy atom. The van der Waals surface area contributed by atoms with Gasteiger partial charge in [-0.1, -0.05) is 19.9 Å². The molecular weight excluding hydrogens is 696 g/mol. The summed E-state index contributed by atoms with van der Waals surface area (Å²) in [5.41, 5.74) is 0.267. The van der Waals surface area contributed by atoms with Gasteiger partial charge in [0.15, 0.2) is 12.6 Å². The van der Waals surface area contributed by atoms with Crippen molar-refractivity contribution in [1.29, 1.82) is 0 Å². The number of pyridine rings is 1. The number of nitrogens with one attached hydrogen (secondary N) is 1. The van der Waals surface area contributed by atoms with Gasteiger partial charge in [0.1, 0.15) is 34.2 Å². The molecule has 1 amide bonds. The number of methoxy groups -OCH3 is 1. The van der Waals surface area contributed by atoms with E-state index in [4.69, 9.17) is 23.9 Å². The van der Waals surface area contributed by atoms with Crippen LogP contribution >= 0.6 is 0 Å². The molecule has 3 fully saturated rings. The van der Waals surface area contributed by atoms with Crippen LogP contribution < -0.4 is 19.7 Å². The van der Waals surface area contributed by atoms with Crippen molar-refractivity contribution in [2.45, 2.75) is 71.6 Å². The van der Waals surface area contributed by atoms with Crippen molar-refractivity contribution >= 4 is 33.6 Å². The SMILES string of the molecule is CCc1c(F)ccc2cc(OCOC)cc(-c3ncc4c(N5C[C@H]6CC[C@@H](C5)N6C(=O)OC(C)(C)C)nc(OC[C@H](C)CN5CCNCC5)nc4c3F)c12. The lowest BCUT2D eigenvalue weighted by Crippen LogP contribution is -2.57. The summed E-state index contributed by atoms with van der Waals surface area (Å²) in [7, 11) is 1.52. The molecule has 4 aromatic rings. The molecule has 2 aromatic heterocycles. The second-order valence-corrected chi connectivity index (χ2v) is 15.7. The minimum Gasteiger partial charge on any atom is -0.468 e. The quantitative estimate of drug-likeness (QED) is 0.178. The third-order valence-electron chi connectivity index (χ3n) is 10.4. The Labute approximate surface area is 315 Å². The van der Waals surface area contributed by atoms with E-state index in [1.165, 1.54) is 13.2 Å². The van der Waals surface area contributed by atoms with Crippen molar-refractivity contribution in [2.24, 2.45) is 5.92 Å². The van der Waals surface area contributed by atoms with Gasteiger partial charge in [0.05, 0.1) is 24.1 Å². The fourth-order valence-electron chi connectivity index (χ4n) is 8.04. The smallest absolute Gasteiger partial charge is 0.410 e. The highest BCUT2D eigenvalue weighted by Gasteiger charge is 2.45. The van der Waals surface area contributed by atoms with Crippen molar-refractivity contribution in [3.05, 3.63) is 47.7 Å². The van der Waals surface area contributed by atoms with E-state index in [1.807, 2.05) is 32.6 Å². The predicted octanol–water partition coefficient (Wildman–Crippen LogP) is 6.18. The summed E-state index contributed by atoms with van der Waals surface area (Å²) in [6, 6.07) is 6.38. The molecule has 3 aliphatic rings. The van der Waals surface area contributed by atoms with Gasteiger partial charge in [-0.15, -0.1) is 0 Å². The van der Waals surface area contributed by atoms with Crippen molar-refractivity contribution < 1.29 is 32.5 Å². The highest BCUT2D eigenvalue weighted by atomic mass is 19.1. The Kier molecular flexibility index (Phi) is 11.1. The van der Waals surface area contributed by atoms with Crippen LogP contribution in [0, 0.1) is 17.6 Å². The number of carbonyl (C=O) groups is 1. The lowest BCUT2D eigenvalue weighted by atomic mass is 9.94. The van der Waals surface area contributed by atoms with E-state index < -0.39 is 11.4 Å². The van der Waals surface area contributed by atoms with Crippen LogP contribution in [0.3, 0.4) is 0 Å². The zero-order valence-corrected chi connectivity index (χ0v) is 32.1. The van der Waals surface area contributed by atoms with E-state index in [1.54, 1.807) is 24.4 Å². The van der Waals surface area contributed by atoms with E-state index in [0.717, 1.165) is 45.6 Å². The summed E-state index contributed by atoms with van der Waals surface area (Å²) >= 11 is 0. The van der Waals surface area contributed by atoms with Gasteiger partial charge < -0.3 is 34.1 Å². The summed E-state index contributed by atoms with van der Waals surface area (Å²) in [6.45, 7) is 15.5. The number of hydrogen-bond acceptors (Lipinski definition) is 11.